The third-order valence-corrected chi connectivity index (χ3v) is 4.83. The molecule has 1 atom stereocenters. The van der Waals surface area contributed by atoms with Crippen LogP contribution in [0.2, 0.25) is 0 Å². The summed E-state index contributed by atoms with van der Waals surface area (Å²) in [7, 11) is 0. The average Bonchev–Trinajstić information content (AvgIpc) is 3.02. The molecule has 1 aromatic heterocycles. The van der Waals surface area contributed by atoms with Gasteiger partial charge in [0.15, 0.2) is 0 Å². The molecule has 7 heteroatoms. The van der Waals surface area contributed by atoms with Crippen molar-refractivity contribution < 1.29 is 9.53 Å². The lowest BCUT2D eigenvalue weighted by atomic mass is 10.2. The number of benzene rings is 1. The van der Waals surface area contributed by atoms with Gasteiger partial charge < -0.3 is 20.7 Å². The van der Waals surface area contributed by atoms with Crippen molar-refractivity contribution in [1.29, 1.82) is 0 Å². The number of nitrogens with one attached hydrogen (secondary N) is 1. The van der Waals surface area contributed by atoms with Crippen molar-refractivity contribution in [1.82, 2.24) is 10.3 Å². The van der Waals surface area contributed by atoms with Gasteiger partial charge in [0.25, 0.3) is 0 Å². The molecule has 1 amide bonds. The number of fused-ring (bicyclic) bond motifs is 1. The fourth-order valence-corrected chi connectivity index (χ4v) is 3.82. The van der Waals surface area contributed by atoms with Crippen LogP contribution in [0.5, 0.6) is 0 Å². The molecule has 2 heterocycles. The highest BCUT2D eigenvalue weighted by atomic mass is 32.1. The second kappa shape index (κ2) is 6.12. The topological polar surface area (TPSA) is 80.5 Å². The van der Waals surface area contributed by atoms with Gasteiger partial charge in [0, 0.05) is 13.1 Å². The van der Waals surface area contributed by atoms with E-state index in [2.05, 4.69) is 15.2 Å². The Morgan fingerprint density at radius 2 is 2.21 bits per heavy atom. The largest absolute Gasteiger partial charge is 0.444 e. The van der Waals surface area contributed by atoms with Gasteiger partial charge in [0.1, 0.15) is 11.1 Å². The molecule has 1 fully saturated rings. The minimum atomic E-state index is -0.490. The zero-order chi connectivity index (χ0) is 17.5. The van der Waals surface area contributed by atoms with E-state index in [1.54, 1.807) is 11.3 Å². The fraction of sp³-hybridized carbons (Fsp3) is 0.529. The first kappa shape index (κ1) is 16.8. The Bertz CT molecular complexity index is 766. The molecule has 130 valence electrons. The SMILES string of the molecule is Cc1nc2c(N3CC[C@@H](NC(=O)OC(C)(C)C)C3)c(N)ccc2s1. The van der Waals surface area contributed by atoms with Gasteiger partial charge in [-0.1, -0.05) is 0 Å². The quantitative estimate of drug-likeness (QED) is 0.814. The maximum atomic E-state index is 12.0. The smallest absolute Gasteiger partial charge is 0.407 e. The van der Waals surface area contributed by atoms with Crippen molar-refractivity contribution >= 4 is 39.0 Å². The molecule has 0 bridgehead atoms. The van der Waals surface area contributed by atoms with Crippen LogP contribution in [-0.4, -0.2) is 35.8 Å². The highest BCUT2D eigenvalue weighted by molar-refractivity contribution is 7.18. The fourth-order valence-electron chi connectivity index (χ4n) is 2.99. The van der Waals surface area contributed by atoms with E-state index >= 15 is 0 Å². The third-order valence-electron chi connectivity index (χ3n) is 3.90. The summed E-state index contributed by atoms with van der Waals surface area (Å²) in [5.41, 5.74) is 8.39. The Morgan fingerprint density at radius 3 is 2.92 bits per heavy atom. The number of hydrogen-bond donors (Lipinski definition) is 2. The molecule has 0 radical (unpaired) electrons. The lowest BCUT2D eigenvalue weighted by molar-refractivity contribution is 0.0509. The predicted octanol–water partition coefficient (Wildman–Crippen LogP) is 3.29. The number of nitrogens with zero attached hydrogens (tertiary/aromatic N) is 2. The van der Waals surface area contributed by atoms with E-state index in [-0.39, 0.29) is 12.1 Å². The van der Waals surface area contributed by atoms with E-state index in [0.717, 1.165) is 39.6 Å². The van der Waals surface area contributed by atoms with Gasteiger partial charge in [-0.25, -0.2) is 9.78 Å². The maximum Gasteiger partial charge on any atom is 0.407 e. The van der Waals surface area contributed by atoms with Crippen molar-refractivity contribution in [3.8, 4) is 0 Å². The summed E-state index contributed by atoms with van der Waals surface area (Å²) in [5.74, 6) is 0. The van der Waals surface area contributed by atoms with Gasteiger partial charge in [-0.2, -0.15) is 0 Å². The minimum Gasteiger partial charge on any atom is -0.444 e. The molecule has 3 rings (SSSR count). The minimum absolute atomic E-state index is 0.0502. The first-order valence-electron chi connectivity index (χ1n) is 8.13. The molecule has 0 saturated carbocycles. The molecule has 6 nitrogen and oxygen atoms in total. The Labute approximate surface area is 146 Å². The summed E-state index contributed by atoms with van der Waals surface area (Å²) in [5, 5.41) is 3.97. The van der Waals surface area contributed by atoms with Gasteiger partial charge in [-0.15, -0.1) is 11.3 Å². The normalized spacial score (nSPS) is 18.2. The van der Waals surface area contributed by atoms with Crippen LogP contribution in [0.1, 0.15) is 32.2 Å². The third kappa shape index (κ3) is 3.56. The summed E-state index contributed by atoms with van der Waals surface area (Å²) in [4.78, 5) is 18.8. The van der Waals surface area contributed by atoms with E-state index in [9.17, 15) is 4.79 Å². The van der Waals surface area contributed by atoms with Gasteiger partial charge in [-0.3, -0.25) is 0 Å². The van der Waals surface area contributed by atoms with Gasteiger partial charge in [0.2, 0.25) is 0 Å². The van der Waals surface area contributed by atoms with Crippen LogP contribution < -0.4 is 16.0 Å². The van der Waals surface area contributed by atoms with Crippen molar-refractivity contribution in [3.63, 3.8) is 0 Å². The molecule has 2 aromatic rings. The summed E-state index contributed by atoms with van der Waals surface area (Å²) in [6.45, 7) is 9.12. The Kier molecular flexibility index (Phi) is 4.29. The van der Waals surface area contributed by atoms with Crippen LogP contribution in [0.15, 0.2) is 12.1 Å². The molecule has 24 heavy (non-hydrogen) atoms. The molecule has 3 N–H and O–H groups in total. The number of aromatic nitrogens is 1. The highest BCUT2D eigenvalue weighted by Gasteiger charge is 2.28. The molecule has 1 aliphatic heterocycles. The van der Waals surface area contributed by atoms with Crippen LogP contribution >= 0.6 is 11.3 Å². The number of thiazole rings is 1. The molecule has 0 aliphatic carbocycles. The van der Waals surface area contributed by atoms with E-state index in [1.807, 2.05) is 39.8 Å². The summed E-state index contributed by atoms with van der Waals surface area (Å²) >= 11 is 1.67. The lowest BCUT2D eigenvalue weighted by Gasteiger charge is -2.23. The number of hydrogen-bond acceptors (Lipinski definition) is 6. The standard InChI is InChI=1S/C17H24N4O2S/c1-10-19-14-13(24-10)6-5-12(18)15(14)21-8-7-11(9-21)20-16(22)23-17(2,3)4/h5-6,11H,7-9,18H2,1-4H3,(H,20,22)/t11-/m1/s1. The summed E-state index contributed by atoms with van der Waals surface area (Å²) in [6, 6.07) is 4.00. The zero-order valence-corrected chi connectivity index (χ0v) is 15.4. The summed E-state index contributed by atoms with van der Waals surface area (Å²) < 4.78 is 6.47. The van der Waals surface area contributed by atoms with Crippen LogP contribution in [0.25, 0.3) is 10.2 Å². The van der Waals surface area contributed by atoms with Gasteiger partial charge in [0.05, 0.1) is 27.1 Å². The van der Waals surface area contributed by atoms with Crippen molar-refractivity contribution in [2.75, 3.05) is 23.7 Å². The molecule has 0 unspecified atom stereocenters. The molecular formula is C17H24N4O2S. The second-order valence-electron chi connectivity index (χ2n) is 7.16. The monoisotopic (exact) mass is 348 g/mol. The maximum absolute atomic E-state index is 12.0. The average molecular weight is 348 g/mol. The van der Waals surface area contributed by atoms with Gasteiger partial charge >= 0.3 is 6.09 Å². The van der Waals surface area contributed by atoms with E-state index < -0.39 is 5.60 Å². The summed E-state index contributed by atoms with van der Waals surface area (Å²) in [6.07, 6.45) is 0.489. The number of nitrogens with two attached hydrogens (primary N) is 1. The Balaban J connectivity index is 1.74. The molecule has 1 aromatic carbocycles. The Morgan fingerprint density at radius 1 is 1.46 bits per heavy atom. The Hall–Kier alpha value is -2.02. The number of nitrogen functional groups attached to an aromatic ring is 1. The van der Waals surface area contributed by atoms with Gasteiger partial charge in [-0.05, 0) is 46.2 Å². The van der Waals surface area contributed by atoms with E-state index in [0.29, 0.717) is 6.54 Å². The van der Waals surface area contributed by atoms with Crippen molar-refractivity contribution in [2.45, 2.75) is 45.8 Å². The second-order valence-corrected chi connectivity index (χ2v) is 8.40. The molecule has 0 spiro atoms. The van der Waals surface area contributed by atoms with E-state index in [4.69, 9.17) is 10.5 Å². The molecule has 1 saturated heterocycles. The van der Waals surface area contributed by atoms with Crippen LogP contribution in [0.4, 0.5) is 16.2 Å². The number of amides is 1. The van der Waals surface area contributed by atoms with Crippen LogP contribution in [0.3, 0.4) is 0 Å². The lowest BCUT2D eigenvalue weighted by Crippen LogP contribution is -2.40. The van der Waals surface area contributed by atoms with E-state index in [1.165, 1.54) is 0 Å². The number of aryl methyl sites for hydroxylation is 1. The molecule has 1 aliphatic rings. The first-order valence-corrected chi connectivity index (χ1v) is 8.94. The number of rotatable bonds is 2. The van der Waals surface area contributed by atoms with Crippen molar-refractivity contribution in [3.05, 3.63) is 17.1 Å². The number of anilines is 2. The number of carbonyl (C=O) groups is 1. The zero-order valence-electron chi connectivity index (χ0n) is 14.5. The predicted molar refractivity (Wildman–Crippen MR) is 98.8 cm³/mol. The van der Waals surface area contributed by atoms with Crippen LogP contribution in [0, 0.1) is 6.92 Å². The number of carbonyl (C=O) groups excluding carboxylic acids is 1. The number of ether oxygens (including phenoxy) is 1. The first-order chi connectivity index (χ1) is 11.2. The highest BCUT2D eigenvalue weighted by Crippen LogP contribution is 2.36. The van der Waals surface area contributed by atoms with Crippen LogP contribution in [-0.2, 0) is 4.74 Å². The van der Waals surface area contributed by atoms with Crippen molar-refractivity contribution in [2.24, 2.45) is 0 Å². The number of alkyl carbamates (subject to hydrolysis) is 1. The molecular weight excluding hydrogens is 324 g/mol.